The van der Waals surface area contributed by atoms with Crippen LogP contribution in [0, 0.1) is 6.92 Å². The third kappa shape index (κ3) is 3.20. The van der Waals surface area contributed by atoms with Crippen LogP contribution in [0.5, 0.6) is 0 Å². The Bertz CT molecular complexity index is 681. The standard InChI is InChI=1S/C17H18N2O2S/c1-12-7-8-22-16(12)17(21)18-14-9-15(20)19(11-14)10-13-5-3-2-4-6-13/h2-8,14H,9-11H2,1H3,(H,18,21). The molecule has 0 saturated carbocycles. The Morgan fingerprint density at radius 1 is 1.32 bits per heavy atom. The average Bonchev–Trinajstić information content (AvgIpc) is 3.07. The maximum Gasteiger partial charge on any atom is 0.261 e. The van der Waals surface area contributed by atoms with Gasteiger partial charge in [0.25, 0.3) is 5.91 Å². The molecule has 4 nitrogen and oxygen atoms in total. The maximum atomic E-state index is 12.2. The van der Waals surface area contributed by atoms with E-state index in [1.807, 2.05) is 53.6 Å². The summed E-state index contributed by atoms with van der Waals surface area (Å²) in [5.41, 5.74) is 2.09. The van der Waals surface area contributed by atoms with Crippen LogP contribution in [-0.4, -0.2) is 29.3 Å². The molecule has 3 rings (SSSR count). The molecule has 22 heavy (non-hydrogen) atoms. The Morgan fingerprint density at radius 2 is 2.09 bits per heavy atom. The van der Waals surface area contributed by atoms with Crippen molar-refractivity contribution >= 4 is 23.2 Å². The molecule has 0 bridgehead atoms. The molecule has 114 valence electrons. The Balaban J connectivity index is 1.60. The van der Waals surface area contributed by atoms with Gasteiger partial charge in [0.1, 0.15) is 0 Å². The fourth-order valence-electron chi connectivity index (χ4n) is 2.68. The summed E-state index contributed by atoms with van der Waals surface area (Å²) >= 11 is 1.43. The van der Waals surface area contributed by atoms with E-state index in [0.29, 0.717) is 19.5 Å². The Kier molecular flexibility index (Phi) is 4.24. The van der Waals surface area contributed by atoms with Gasteiger partial charge in [-0.15, -0.1) is 11.3 Å². The van der Waals surface area contributed by atoms with Gasteiger partial charge in [-0.3, -0.25) is 9.59 Å². The number of rotatable bonds is 4. The molecule has 0 radical (unpaired) electrons. The number of thiophene rings is 1. The van der Waals surface area contributed by atoms with Crippen molar-refractivity contribution in [3.05, 3.63) is 57.8 Å². The van der Waals surface area contributed by atoms with Crippen LogP contribution >= 0.6 is 11.3 Å². The van der Waals surface area contributed by atoms with Crippen molar-refractivity contribution in [3.63, 3.8) is 0 Å². The number of carbonyl (C=O) groups excluding carboxylic acids is 2. The van der Waals surface area contributed by atoms with Crippen molar-refractivity contribution in [1.29, 1.82) is 0 Å². The van der Waals surface area contributed by atoms with Gasteiger partial charge in [-0.25, -0.2) is 0 Å². The summed E-state index contributed by atoms with van der Waals surface area (Å²) in [6.07, 6.45) is 0.378. The predicted molar refractivity (Wildman–Crippen MR) is 86.8 cm³/mol. The smallest absolute Gasteiger partial charge is 0.261 e. The molecular formula is C17H18N2O2S. The summed E-state index contributed by atoms with van der Waals surface area (Å²) in [4.78, 5) is 26.9. The molecule has 1 saturated heterocycles. The fourth-order valence-corrected chi connectivity index (χ4v) is 3.51. The molecule has 2 heterocycles. The SMILES string of the molecule is Cc1ccsc1C(=O)NC1CC(=O)N(Cc2ccccc2)C1. The summed E-state index contributed by atoms with van der Waals surface area (Å²) in [5, 5.41) is 4.89. The minimum atomic E-state index is -0.106. The molecule has 0 spiro atoms. The van der Waals surface area contributed by atoms with Crippen LogP contribution in [0.15, 0.2) is 41.8 Å². The number of likely N-dealkylation sites (tertiary alicyclic amines) is 1. The van der Waals surface area contributed by atoms with Crippen LogP contribution in [0.4, 0.5) is 0 Å². The second-order valence-corrected chi connectivity index (χ2v) is 6.48. The lowest BCUT2D eigenvalue weighted by Crippen LogP contribution is -2.36. The molecule has 0 aliphatic carbocycles. The monoisotopic (exact) mass is 314 g/mol. The highest BCUT2D eigenvalue weighted by Gasteiger charge is 2.31. The Morgan fingerprint density at radius 3 is 2.77 bits per heavy atom. The average molecular weight is 314 g/mol. The van der Waals surface area contributed by atoms with Crippen molar-refractivity contribution in [2.75, 3.05) is 6.54 Å². The van der Waals surface area contributed by atoms with Gasteiger partial charge in [0.05, 0.1) is 10.9 Å². The largest absolute Gasteiger partial charge is 0.346 e. The molecule has 1 atom stereocenters. The summed E-state index contributed by atoms with van der Waals surface area (Å²) in [5.74, 6) is 0.0175. The Labute approximate surface area is 133 Å². The first-order valence-corrected chi connectivity index (χ1v) is 8.18. The van der Waals surface area contributed by atoms with Crippen LogP contribution in [-0.2, 0) is 11.3 Å². The summed E-state index contributed by atoms with van der Waals surface area (Å²) in [7, 11) is 0. The van der Waals surface area contributed by atoms with Crippen LogP contribution in [0.1, 0.15) is 27.2 Å². The lowest BCUT2D eigenvalue weighted by molar-refractivity contribution is -0.128. The van der Waals surface area contributed by atoms with E-state index in [0.717, 1.165) is 16.0 Å². The number of aryl methyl sites for hydroxylation is 1. The number of hydrogen-bond donors (Lipinski definition) is 1. The molecule has 5 heteroatoms. The topological polar surface area (TPSA) is 49.4 Å². The molecule has 1 aliphatic rings. The molecule has 1 fully saturated rings. The fraction of sp³-hybridized carbons (Fsp3) is 0.294. The van der Waals surface area contributed by atoms with E-state index >= 15 is 0 Å². The molecule has 1 aromatic heterocycles. The molecule has 1 aromatic carbocycles. The molecule has 2 aromatic rings. The number of benzene rings is 1. The van der Waals surface area contributed by atoms with Crippen molar-refractivity contribution in [2.24, 2.45) is 0 Å². The van der Waals surface area contributed by atoms with Crippen molar-refractivity contribution < 1.29 is 9.59 Å². The summed E-state index contributed by atoms with van der Waals surface area (Å²) in [6, 6.07) is 11.7. The zero-order valence-electron chi connectivity index (χ0n) is 12.4. The molecule has 1 N–H and O–H groups in total. The van der Waals surface area contributed by atoms with Crippen molar-refractivity contribution in [1.82, 2.24) is 10.2 Å². The van der Waals surface area contributed by atoms with E-state index in [-0.39, 0.29) is 17.9 Å². The molecule has 2 amide bonds. The van der Waals surface area contributed by atoms with Crippen LogP contribution < -0.4 is 5.32 Å². The second-order valence-electron chi connectivity index (χ2n) is 5.57. The highest BCUT2D eigenvalue weighted by atomic mass is 32.1. The van der Waals surface area contributed by atoms with Gasteiger partial charge in [-0.1, -0.05) is 30.3 Å². The molecular weight excluding hydrogens is 296 g/mol. The van der Waals surface area contributed by atoms with Crippen LogP contribution in [0.25, 0.3) is 0 Å². The van der Waals surface area contributed by atoms with Gasteiger partial charge in [0, 0.05) is 19.5 Å². The first kappa shape index (κ1) is 14.8. The van der Waals surface area contributed by atoms with Gasteiger partial charge in [-0.05, 0) is 29.5 Å². The van der Waals surface area contributed by atoms with E-state index in [1.165, 1.54) is 11.3 Å². The minimum absolute atomic E-state index is 0.0770. The lowest BCUT2D eigenvalue weighted by Gasteiger charge is -2.17. The second kappa shape index (κ2) is 6.32. The number of hydrogen-bond acceptors (Lipinski definition) is 3. The van der Waals surface area contributed by atoms with Crippen LogP contribution in [0.2, 0.25) is 0 Å². The first-order chi connectivity index (χ1) is 10.6. The number of carbonyl (C=O) groups is 2. The maximum absolute atomic E-state index is 12.2. The molecule has 1 unspecified atom stereocenters. The van der Waals surface area contributed by atoms with Crippen molar-refractivity contribution in [2.45, 2.75) is 25.9 Å². The highest BCUT2D eigenvalue weighted by molar-refractivity contribution is 7.12. The third-order valence-corrected chi connectivity index (χ3v) is 4.85. The van der Waals surface area contributed by atoms with E-state index < -0.39 is 0 Å². The number of nitrogens with one attached hydrogen (secondary N) is 1. The normalized spacial score (nSPS) is 17.8. The highest BCUT2D eigenvalue weighted by Crippen LogP contribution is 2.18. The van der Waals surface area contributed by atoms with E-state index in [1.54, 1.807) is 0 Å². The van der Waals surface area contributed by atoms with E-state index in [4.69, 9.17) is 0 Å². The third-order valence-electron chi connectivity index (χ3n) is 3.83. The lowest BCUT2D eigenvalue weighted by atomic mass is 10.2. The minimum Gasteiger partial charge on any atom is -0.346 e. The quantitative estimate of drug-likeness (QED) is 0.943. The number of amides is 2. The van der Waals surface area contributed by atoms with Gasteiger partial charge >= 0.3 is 0 Å². The van der Waals surface area contributed by atoms with E-state index in [2.05, 4.69) is 5.32 Å². The van der Waals surface area contributed by atoms with Gasteiger partial charge < -0.3 is 10.2 Å². The van der Waals surface area contributed by atoms with Gasteiger partial charge in [-0.2, -0.15) is 0 Å². The molecule has 1 aliphatic heterocycles. The number of nitrogens with zero attached hydrogens (tertiary/aromatic N) is 1. The Hall–Kier alpha value is -2.14. The van der Waals surface area contributed by atoms with Gasteiger partial charge in [0.15, 0.2) is 0 Å². The van der Waals surface area contributed by atoms with Crippen molar-refractivity contribution in [3.8, 4) is 0 Å². The zero-order valence-corrected chi connectivity index (χ0v) is 13.2. The first-order valence-electron chi connectivity index (χ1n) is 7.30. The van der Waals surface area contributed by atoms with Gasteiger partial charge in [0.2, 0.25) is 5.91 Å². The van der Waals surface area contributed by atoms with E-state index in [9.17, 15) is 9.59 Å². The predicted octanol–water partition coefficient (Wildman–Crippen LogP) is 2.59. The van der Waals surface area contributed by atoms with Crippen LogP contribution in [0.3, 0.4) is 0 Å². The summed E-state index contributed by atoms with van der Waals surface area (Å²) in [6.45, 7) is 3.10. The zero-order chi connectivity index (χ0) is 15.5. The summed E-state index contributed by atoms with van der Waals surface area (Å²) < 4.78 is 0.